The molecule has 1 atom stereocenters. The molecule has 1 aromatic rings. The van der Waals surface area contributed by atoms with E-state index in [9.17, 15) is 9.50 Å². The Morgan fingerprint density at radius 1 is 1.00 bits per heavy atom. The van der Waals surface area contributed by atoms with Gasteiger partial charge in [-0.1, -0.05) is 64.0 Å². The van der Waals surface area contributed by atoms with Crippen LogP contribution in [0, 0.1) is 5.82 Å². The van der Waals surface area contributed by atoms with Crippen molar-refractivity contribution in [3.8, 4) is 0 Å². The van der Waals surface area contributed by atoms with Crippen LogP contribution in [0.2, 0.25) is 0 Å². The van der Waals surface area contributed by atoms with Crippen LogP contribution in [0.25, 0.3) is 0 Å². The van der Waals surface area contributed by atoms with Gasteiger partial charge in [-0.2, -0.15) is 0 Å². The summed E-state index contributed by atoms with van der Waals surface area (Å²) in [4.78, 5) is 5.59. The van der Waals surface area contributed by atoms with Crippen molar-refractivity contribution in [1.82, 2.24) is 5.06 Å². The van der Waals surface area contributed by atoms with E-state index >= 15 is 0 Å². The lowest BCUT2D eigenvalue weighted by Crippen LogP contribution is -2.29. The van der Waals surface area contributed by atoms with Gasteiger partial charge in [0.1, 0.15) is 5.82 Å². The maximum Gasteiger partial charge on any atom is 0.238 e. The zero-order valence-corrected chi connectivity index (χ0v) is 14.0. The van der Waals surface area contributed by atoms with E-state index < -0.39 is 5.79 Å². The lowest BCUT2D eigenvalue weighted by molar-refractivity contribution is -0.276. The maximum absolute atomic E-state index is 13.0. The van der Waals surface area contributed by atoms with Gasteiger partial charge in [-0.3, -0.25) is 5.06 Å². The van der Waals surface area contributed by atoms with Crippen LogP contribution in [0.1, 0.15) is 63.9 Å². The van der Waals surface area contributed by atoms with Crippen LogP contribution in [-0.4, -0.2) is 16.7 Å². The van der Waals surface area contributed by atoms with Crippen LogP contribution < -0.4 is 0 Å². The third-order valence-electron chi connectivity index (χ3n) is 4.21. The Labute approximate surface area is 138 Å². The highest BCUT2D eigenvalue weighted by atomic mass is 19.1. The van der Waals surface area contributed by atoms with E-state index in [0.29, 0.717) is 5.56 Å². The summed E-state index contributed by atoms with van der Waals surface area (Å²) in [6.07, 6.45) is 13.4. The molecule has 23 heavy (non-hydrogen) atoms. The van der Waals surface area contributed by atoms with Gasteiger partial charge in [-0.15, -0.1) is 0 Å². The van der Waals surface area contributed by atoms with Crippen LogP contribution in [0.3, 0.4) is 0 Å². The Hall–Kier alpha value is -1.39. The molecule has 0 fully saturated rings. The summed E-state index contributed by atoms with van der Waals surface area (Å²) in [6, 6.07) is 5.73. The van der Waals surface area contributed by atoms with Gasteiger partial charge in [0.05, 0.1) is 0 Å². The normalized spacial score (nSPS) is 20.4. The maximum atomic E-state index is 13.0. The van der Waals surface area contributed by atoms with Crippen LogP contribution in [-0.2, 0) is 10.6 Å². The van der Waals surface area contributed by atoms with Gasteiger partial charge >= 0.3 is 0 Å². The molecule has 4 heteroatoms. The van der Waals surface area contributed by atoms with Crippen molar-refractivity contribution in [3.05, 3.63) is 47.9 Å². The Bertz CT molecular complexity index is 489. The van der Waals surface area contributed by atoms with Gasteiger partial charge in [-0.05, 0) is 24.6 Å². The van der Waals surface area contributed by atoms with Crippen molar-refractivity contribution in [3.63, 3.8) is 0 Å². The molecule has 0 radical (unpaired) electrons. The van der Waals surface area contributed by atoms with E-state index in [4.69, 9.17) is 4.84 Å². The van der Waals surface area contributed by atoms with Crippen LogP contribution in [0.5, 0.6) is 0 Å². The summed E-state index contributed by atoms with van der Waals surface area (Å²) >= 11 is 0. The lowest BCUT2D eigenvalue weighted by atomic mass is 10.1. The molecule has 2 rings (SSSR count). The first-order valence-electron chi connectivity index (χ1n) is 8.77. The molecule has 3 nitrogen and oxygen atoms in total. The fourth-order valence-electron chi connectivity index (χ4n) is 2.78. The second-order valence-corrected chi connectivity index (χ2v) is 6.23. The molecule has 1 N–H and O–H groups in total. The number of hydroxylamine groups is 2. The highest BCUT2D eigenvalue weighted by Gasteiger charge is 2.34. The van der Waals surface area contributed by atoms with Crippen molar-refractivity contribution >= 4 is 0 Å². The predicted octanol–water partition coefficient (Wildman–Crippen LogP) is 4.87. The first-order valence-corrected chi connectivity index (χ1v) is 8.77. The van der Waals surface area contributed by atoms with E-state index in [1.54, 1.807) is 29.5 Å². The second-order valence-electron chi connectivity index (χ2n) is 6.23. The summed E-state index contributed by atoms with van der Waals surface area (Å²) in [5.74, 6) is -1.80. The molecule has 1 aromatic carbocycles. The van der Waals surface area contributed by atoms with Crippen molar-refractivity contribution < 1.29 is 14.3 Å². The molecule has 0 saturated carbocycles. The third kappa shape index (κ3) is 5.63. The predicted molar refractivity (Wildman–Crippen MR) is 89.8 cm³/mol. The van der Waals surface area contributed by atoms with E-state index in [1.165, 1.54) is 57.1 Å². The van der Waals surface area contributed by atoms with E-state index in [-0.39, 0.29) is 5.82 Å². The highest BCUT2D eigenvalue weighted by molar-refractivity contribution is 5.26. The van der Waals surface area contributed by atoms with Gasteiger partial charge in [-0.25, -0.2) is 9.23 Å². The standard InChI is InChI=1S/C19H28FNO2/c1-2-3-4-5-6-7-8-9-15-21-16-14-19(22,23-21)17-10-12-18(20)13-11-17/h10-14,16,22H,2-9,15H2,1H3. The number of benzene rings is 1. The molecule has 0 aromatic heterocycles. The monoisotopic (exact) mass is 321 g/mol. The first kappa shape index (κ1) is 18.0. The van der Waals surface area contributed by atoms with Crippen molar-refractivity contribution in [1.29, 1.82) is 0 Å². The van der Waals surface area contributed by atoms with Gasteiger partial charge in [0.15, 0.2) is 0 Å². The summed E-state index contributed by atoms with van der Waals surface area (Å²) in [5.41, 5.74) is 0.536. The van der Waals surface area contributed by atoms with E-state index in [1.807, 2.05) is 0 Å². The molecule has 0 amide bonds. The van der Waals surface area contributed by atoms with Gasteiger partial charge < -0.3 is 5.11 Å². The average molecular weight is 321 g/mol. The number of aliphatic hydroxyl groups is 1. The molecule has 1 unspecified atom stereocenters. The number of nitrogens with zero attached hydrogens (tertiary/aromatic N) is 1. The van der Waals surface area contributed by atoms with Crippen molar-refractivity contribution in [2.75, 3.05) is 6.54 Å². The Balaban J connectivity index is 1.64. The molecule has 1 heterocycles. The Kier molecular flexibility index (Phi) is 7.06. The molecular weight excluding hydrogens is 293 g/mol. The Morgan fingerprint density at radius 2 is 1.61 bits per heavy atom. The smallest absolute Gasteiger partial charge is 0.238 e. The van der Waals surface area contributed by atoms with E-state index in [2.05, 4.69) is 6.92 Å². The van der Waals surface area contributed by atoms with Gasteiger partial charge in [0.25, 0.3) is 0 Å². The zero-order valence-electron chi connectivity index (χ0n) is 14.0. The summed E-state index contributed by atoms with van der Waals surface area (Å²) < 4.78 is 13.0. The van der Waals surface area contributed by atoms with Crippen molar-refractivity contribution in [2.24, 2.45) is 0 Å². The van der Waals surface area contributed by atoms with Crippen LogP contribution in [0.4, 0.5) is 4.39 Å². The minimum absolute atomic E-state index is 0.324. The molecule has 128 valence electrons. The minimum Gasteiger partial charge on any atom is -0.357 e. The number of rotatable bonds is 10. The SMILES string of the molecule is CCCCCCCCCCN1C=CC(O)(c2ccc(F)cc2)O1. The van der Waals surface area contributed by atoms with Crippen LogP contribution in [0.15, 0.2) is 36.5 Å². The quantitative estimate of drug-likeness (QED) is 0.624. The molecule has 1 aliphatic rings. The summed E-state index contributed by atoms with van der Waals surface area (Å²) in [7, 11) is 0. The topological polar surface area (TPSA) is 32.7 Å². The first-order chi connectivity index (χ1) is 11.1. The zero-order chi connectivity index (χ0) is 16.5. The lowest BCUT2D eigenvalue weighted by Gasteiger charge is -2.24. The molecule has 1 aliphatic heterocycles. The van der Waals surface area contributed by atoms with Gasteiger partial charge in [0.2, 0.25) is 5.79 Å². The van der Waals surface area contributed by atoms with E-state index in [0.717, 1.165) is 13.0 Å². The second kappa shape index (κ2) is 9.04. The molecule has 0 bridgehead atoms. The number of unbranched alkanes of at least 4 members (excludes halogenated alkanes) is 7. The average Bonchev–Trinajstić information content (AvgIpc) is 2.93. The highest BCUT2D eigenvalue weighted by Crippen LogP contribution is 2.30. The number of hydrogen-bond acceptors (Lipinski definition) is 3. The number of halogens is 1. The fourth-order valence-corrected chi connectivity index (χ4v) is 2.78. The molecule has 0 aliphatic carbocycles. The van der Waals surface area contributed by atoms with Crippen LogP contribution >= 0.6 is 0 Å². The van der Waals surface area contributed by atoms with Crippen molar-refractivity contribution in [2.45, 2.75) is 64.1 Å². The fraction of sp³-hybridized carbons (Fsp3) is 0.579. The minimum atomic E-state index is -1.48. The van der Waals surface area contributed by atoms with Gasteiger partial charge in [0, 0.05) is 18.3 Å². The largest absolute Gasteiger partial charge is 0.357 e. The molecule has 0 saturated heterocycles. The third-order valence-corrected chi connectivity index (χ3v) is 4.21. The molecular formula is C19H28FNO2. The summed E-state index contributed by atoms with van der Waals surface area (Å²) in [5, 5.41) is 12.1. The molecule has 0 spiro atoms. The summed E-state index contributed by atoms with van der Waals surface area (Å²) in [6.45, 7) is 2.99. The Morgan fingerprint density at radius 3 is 2.26 bits per heavy atom. The number of hydrogen-bond donors (Lipinski definition) is 1.